The Morgan fingerprint density at radius 1 is 1.32 bits per heavy atom. The number of rotatable bonds is 5. The van der Waals surface area contributed by atoms with Gasteiger partial charge in [0.05, 0.1) is 12.0 Å². The molecule has 1 aliphatic rings. The van der Waals surface area contributed by atoms with Crippen molar-refractivity contribution in [3.05, 3.63) is 40.9 Å². The fourth-order valence-electron chi connectivity index (χ4n) is 3.14. The summed E-state index contributed by atoms with van der Waals surface area (Å²) in [5.41, 5.74) is 0.966. The van der Waals surface area contributed by atoms with Gasteiger partial charge in [0.2, 0.25) is 16.9 Å². The van der Waals surface area contributed by atoms with Crippen molar-refractivity contribution in [1.82, 2.24) is 15.1 Å². The first-order valence-corrected chi connectivity index (χ1v) is 9.21. The molecule has 3 rings (SSSR count). The van der Waals surface area contributed by atoms with Gasteiger partial charge in [0.15, 0.2) is 0 Å². The van der Waals surface area contributed by atoms with E-state index in [1.807, 2.05) is 30.3 Å². The molecular weight excluding hydrogens is 336 g/mol. The standard InChI is InChI=1S/C18H22N4O2S/c1-11(2)9-14-20-21-18(25-14)19-17(24)13-10-15(23)22(3)16(13)12-7-5-4-6-8-12/h4-8,11,13,16H,9-10H2,1-3H3,(H,19,21,24)/t13-,16-/m0/s1. The molecule has 0 aliphatic carbocycles. The summed E-state index contributed by atoms with van der Waals surface area (Å²) in [6.07, 6.45) is 1.05. The number of benzene rings is 1. The average Bonchev–Trinajstić information content (AvgIpc) is 3.12. The first-order valence-electron chi connectivity index (χ1n) is 8.39. The van der Waals surface area contributed by atoms with Gasteiger partial charge in [-0.25, -0.2) is 0 Å². The van der Waals surface area contributed by atoms with Gasteiger partial charge in [-0.1, -0.05) is 55.5 Å². The summed E-state index contributed by atoms with van der Waals surface area (Å²) in [7, 11) is 1.75. The Labute approximate surface area is 151 Å². The van der Waals surface area contributed by atoms with Crippen molar-refractivity contribution in [3.63, 3.8) is 0 Å². The van der Waals surface area contributed by atoms with E-state index in [0.717, 1.165) is 17.0 Å². The van der Waals surface area contributed by atoms with Crippen molar-refractivity contribution >= 4 is 28.3 Å². The van der Waals surface area contributed by atoms with E-state index in [2.05, 4.69) is 29.4 Å². The number of carbonyl (C=O) groups excluding carboxylic acids is 2. The first-order chi connectivity index (χ1) is 12.0. The van der Waals surface area contributed by atoms with Crippen LogP contribution in [-0.2, 0) is 16.0 Å². The molecule has 1 saturated heterocycles. The minimum absolute atomic E-state index is 0.0215. The summed E-state index contributed by atoms with van der Waals surface area (Å²) in [5, 5.41) is 12.4. The molecule has 0 unspecified atom stereocenters. The quantitative estimate of drug-likeness (QED) is 0.892. The lowest BCUT2D eigenvalue weighted by molar-refractivity contribution is -0.127. The number of likely N-dealkylation sites (tertiary alicyclic amines) is 1. The highest BCUT2D eigenvalue weighted by atomic mass is 32.1. The van der Waals surface area contributed by atoms with Crippen molar-refractivity contribution in [2.75, 3.05) is 12.4 Å². The number of hydrogen-bond acceptors (Lipinski definition) is 5. The summed E-state index contributed by atoms with van der Waals surface area (Å²) in [5.74, 6) is -0.150. The highest BCUT2D eigenvalue weighted by Crippen LogP contribution is 2.37. The number of nitrogens with one attached hydrogen (secondary N) is 1. The maximum Gasteiger partial charge on any atom is 0.232 e. The van der Waals surface area contributed by atoms with E-state index in [1.54, 1.807) is 11.9 Å². The lowest BCUT2D eigenvalue weighted by atomic mass is 9.93. The number of aromatic nitrogens is 2. The molecular formula is C18H22N4O2S. The van der Waals surface area contributed by atoms with E-state index in [1.165, 1.54) is 11.3 Å². The van der Waals surface area contributed by atoms with Crippen LogP contribution in [0.4, 0.5) is 5.13 Å². The number of anilines is 1. The topological polar surface area (TPSA) is 75.2 Å². The van der Waals surface area contributed by atoms with E-state index >= 15 is 0 Å². The first kappa shape index (κ1) is 17.5. The monoisotopic (exact) mass is 358 g/mol. The number of nitrogens with zero attached hydrogens (tertiary/aromatic N) is 3. The fourth-order valence-corrected chi connectivity index (χ4v) is 4.10. The molecule has 25 heavy (non-hydrogen) atoms. The number of carbonyl (C=O) groups is 2. The molecule has 0 bridgehead atoms. The molecule has 0 spiro atoms. The zero-order valence-corrected chi connectivity index (χ0v) is 15.4. The molecule has 2 amide bonds. The minimum atomic E-state index is -0.433. The normalized spacial score (nSPS) is 20.3. The summed E-state index contributed by atoms with van der Waals surface area (Å²) in [6.45, 7) is 4.23. The van der Waals surface area contributed by atoms with Gasteiger partial charge >= 0.3 is 0 Å². The molecule has 1 aromatic carbocycles. The summed E-state index contributed by atoms with van der Waals surface area (Å²) in [4.78, 5) is 26.6. The minimum Gasteiger partial charge on any atom is -0.338 e. The van der Waals surface area contributed by atoms with Crippen LogP contribution in [0.2, 0.25) is 0 Å². The van der Waals surface area contributed by atoms with Crippen LogP contribution in [0.15, 0.2) is 30.3 Å². The Morgan fingerprint density at radius 2 is 2.04 bits per heavy atom. The third-order valence-corrected chi connectivity index (χ3v) is 5.21. The molecule has 7 heteroatoms. The van der Waals surface area contributed by atoms with Crippen LogP contribution in [0, 0.1) is 11.8 Å². The van der Waals surface area contributed by atoms with Crippen LogP contribution in [0.25, 0.3) is 0 Å². The zero-order valence-electron chi connectivity index (χ0n) is 14.6. The number of amides is 2. The second-order valence-corrected chi connectivity index (χ2v) is 7.82. The van der Waals surface area contributed by atoms with E-state index in [-0.39, 0.29) is 24.3 Å². The highest BCUT2D eigenvalue weighted by molar-refractivity contribution is 7.15. The molecule has 2 aromatic rings. The van der Waals surface area contributed by atoms with E-state index in [4.69, 9.17) is 0 Å². The molecule has 0 radical (unpaired) electrons. The lowest BCUT2D eigenvalue weighted by Crippen LogP contribution is -2.29. The Balaban J connectivity index is 1.76. The Hall–Kier alpha value is -2.28. The van der Waals surface area contributed by atoms with E-state index in [0.29, 0.717) is 11.0 Å². The SMILES string of the molecule is CC(C)Cc1nnc(NC(=O)[C@H]2CC(=O)N(C)[C@H]2c2ccccc2)s1. The van der Waals surface area contributed by atoms with Crippen LogP contribution >= 0.6 is 11.3 Å². The third kappa shape index (κ3) is 3.87. The van der Waals surface area contributed by atoms with Gasteiger partial charge in [-0.15, -0.1) is 10.2 Å². The van der Waals surface area contributed by atoms with Crippen LogP contribution in [-0.4, -0.2) is 34.0 Å². The molecule has 2 heterocycles. The predicted molar refractivity (Wildman–Crippen MR) is 97.1 cm³/mol. The smallest absolute Gasteiger partial charge is 0.232 e. The maximum atomic E-state index is 12.8. The van der Waals surface area contributed by atoms with Crippen LogP contribution in [0.1, 0.15) is 36.9 Å². The van der Waals surface area contributed by atoms with Gasteiger partial charge in [0.25, 0.3) is 0 Å². The third-order valence-electron chi connectivity index (χ3n) is 4.34. The maximum absolute atomic E-state index is 12.8. The molecule has 6 nitrogen and oxygen atoms in total. The van der Waals surface area contributed by atoms with Gasteiger partial charge < -0.3 is 10.2 Å². The molecule has 1 fully saturated rings. The van der Waals surface area contributed by atoms with Crippen molar-refractivity contribution in [2.24, 2.45) is 11.8 Å². The van der Waals surface area contributed by atoms with Crippen LogP contribution in [0.3, 0.4) is 0 Å². The Morgan fingerprint density at radius 3 is 2.72 bits per heavy atom. The molecule has 2 atom stereocenters. The van der Waals surface area contributed by atoms with Gasteiger partial charge in [0, 0.05) is 19.9 Å². The van der Waals surface area contributed by atoms with Crippen molar-refractivity contribution in [1.29, 1.82) is 0 Å². The highest BCUT2D eigenvalue weighted by Gasteiger charge is 2.42. The van der Waals surface area contributed by atoms with Gasteiger partial charge in [0.1, 0.15) is 5.01 Å². The molecule has 1 aliphatic heterocycles. The lowest BCUT2D eigenvalue weighted by Gasteiger charge is -2.24. The zero-order chi connectivity index (χ0) is 18.0. The fraction of sp³-hybridized carbons (Fsp3) is 0.444. The summed E-state index contributed by atoms with van der Waals surface area (Å²) in [6, 6.07) is 9.41. The molecule has 0 saturated carbocycles. The molecule has 132 valence electrons. The van der Waals surface area contributed by atoms with Crippen LogP contribution < -0.4 is 5.32 Å². The second-order valence-electron chi connectivity index (χ2n) is 6.76. The Bertz CT molecular complexity index is 759. The van der Waals surface area contributed by atoms with E-state index in [9.17, 15) is 9.59 Å². The van der Waals surface area contributed by atoms with Crippen molar-refractivity contribution < 1.29 is 9.59 Å². The van der Waals surface area contributed by atoms with Gasteiger partial charge in [-0.05, 0) is 11.5 Å². The van der Waals surface area contributed by atoms with Crippen LogP contribution in [0.5, 0.6) is 0 Å². The molecule has 1 N–H and O–H groups in total. The predicted octanol–water partition coefficient (Wildman–Crippen LogP) is 2.89. The largest absolute Gasteiger partial charge is 0.338 e. The molecule has 1 aromatic heterocycles. The van der Waals surface area contributed by atoms with E-state index < -0.39 is 5.92 Å². The number of hydrogen-bond donors (Lipinski definition) is 1. The Kier molecular flexibility index (Phi) is 5.13. The van der Waals surface area contributed by atoms with Crippen molar-refractivity contribution in [3.8, 4) is 0 Å². The van der Waals surface area contributed by atoms with Gasteiger partial charge in [-0.3, -0.25) is 9.59 Å². The second kappa shape index (κ2) is 7.31. The summed E-state index contributed by atoms with van der Waals surface area (Å²) < 4.78 is 0. The van der Waals surface area contributed by atoms with Crippen molar-refractivity contribution in [2.45, 2.75) is 32.7 Å². The van der Waals surface area contributed by atoms with Gasteiger partial charge in [-0.2, -0.15) is 0 Å². The average molecular weight is 358 g/mol. The summed E-state index contributed by atoms with van der Waals surface area (Å²) >= 11 is 1.39.